The highest BCUT2D eigenvalue weighted by molar-refractivity contribution is 5.96. The fourth-order valence-corrected chi connectivity index (χ4v) is 2.88. The quantitative estimate of drug-likeness (QED) is 0.905. The molecule has 104 valence electrons. The molecule has 2 rings (SSSR count). The molecule has 1 amide bonds. The van der Waals surface area contributed by atoms with Crippen LogP contribution in [0.2, 0.25) is 0 Å². The van der Waals surface area contributed by atoms with Gasteiger partial charge in [0.05, 0.1) is 6.04 Å². The summed E-state index contributed by atoms with van der Waals surface area (Å²) >= 11 is 0. The number of nitrogens with zero attached hydrogens (tertiary/aromatic N) is 1. The van der Waals surface area contributed by atoms with E-state index in [1.54, 1.807) is 0 Å². The maximum Gasteiger partial charge on any atom is 0.241 e. The molecular weight excluding hydrogens is 236 g/mol. The fourth-order valence-electron chi connectivity index (χ4n) is 2.88. The fraction of sp³-hybridized carbons (Fsp3) is 0.562. The van der Waals surface area contributed by atoms with Crippen LogP contribution in [0.4, 0.5) is 5.69 Å². The molecule has 1 aromatic carbocycles. The topological polar surface area (TPSA) is 32.3 Å². The summed E-state index contributed by atoms with van der Waals surface area (Å²) in [6, 6.07) is 6.15. The SMILES string of the molecule is CCN1CCCC[C@@H]1C(=O)Nc1c(C)cccc1C. The molecule has 1 aliphatic heterocycles. The first-order chi connectivity index (χ1) is 9.13. The number of hydrogen-bond acceptors (Lipinski definition) is 2. The summed E-state index contributed by atoms with van der Waals surface area (Å²) in [7, 11) is 0. The maximum absolute atomic E-state index is 12.5. The first-order valence-electron chi connectivity index (χ1n) is 7.24. The van der Waals surface area contributed by atoms with Gasteiger partial charge in [0.15, 0.2) is 0 Å². The molecule has 1 aliphatic rings. The third-order valence-corrected chi connectivity index (χ3v) is 4.05. The second kappa shape index (κ2) is 6.20. The molecular formula is C16H24N2O. The second-order valence-corrected chi connectivity index (χ2v) is 5.40. The van der Waals surface area contributed by atoms with E-state index in [1.807, 2.05) is 32.0 Å². The van der Waals surface area contributed by atoms with Gasteiger partial charge < -0.3 is 5.32 Å². The van der Waals surface area contributed by atoms with Gasteiger partial charge in [-0.2, -0.15) is 0 Å². The van der Waals surface area contributed by atoms with Gasteiger partial charge in [-0.05, 0) is 50.9 Å². The van der Waals surface area contributed by atoms with Crippen LogP contribution in [0.25, 0.3) is 0 Å². The Morgan fingerprint density at radius 2 is 2.00 bits per heavy atom. The van der Waals surface area contributed by atoms with Crippen molar-refractivity contribution < 1.29 is 4.79 Å². The van der Waals surface area contributed by atoms with Gasteiger partial charge >= 0.3 is 0 Å². The minimum absolute atomic E-state index is 0.0396. The van der Waals surface area contributed by atoms with Crippen molar-refractivity contribution in [3.8, 4) is 0 Å². The Labute approximate surface area is 116 Å². The van der Waals surface area contributed by atoms with Crippen molar-refractivity contribution in [2.24, 2.45) is 0 Å². The molecule has 1 fully saturated rings. The highest BCUT2D eigenvalue weighted by atomic mass is 16.2. The van der Waals surface area contributed by atoms with Crippen molar-refractivity contribution in [2.75, 3.05) is 18.4 Å². The van der Waals surface area contributed by atoms with Gasteiger partial charge in [-0.25, -0.2) is 0 Å². The molecule has 1 N–H and O–H groups in total. The third kappa shape index (κ3) is 3.16. The van der Waals surface area contributed by atoms with E-state index in [0.717, 1.165) is 42.7 Å². The second-order valence-electron chi connectivity index (χ2n) is 5.40. The monoisotopic (exact) mass is 260 g/mol. The number of aryl methyl sites for hydroxylation is 2. The molecule has 0 radical (unpaired) electrons. The van der Waals surface area contributed by atoms with Gasteiger partial charge in [-0.15, -0.1) is 0 Å². The highest BCUT2D eigenvalue weighted by Crippen LogP contribution is 2.22. The lowest BCUT2D eigenvalue weighted by Crippen LogP contribution is -2.47. The van der Waals surface area contributed by atoms with Crippen molar-refractivity contribution in [2.45, 2.75) is 46.1 Å². The maximum atomic E-state index is 12.5. The molecule has 3 nitrogen and oxygen atoms in total. The van der Waals surface area contributed by atoms with Crippen LogP contribution in [0.15, 0.2) is 18.2 Å². The molecule has 0 spiro atoms. The number of likely N-dealkylation sites (N-methyl/N-ethyl adjacent to an activating group) is 1. The zero-order chi connectivity index (χ0) is 13.8. The molecule has 0 aliphatic carbocycles. The summed E-state index contributed by atoms with van der Waals surface area (Å²) in [5.74, 6) is 0.152. The van der Waals surface area contributed by atoms with E-state index in [0.29, 0.717) is 0 Å². The minimum Gasteiger partial charge on any atom is -0.324 e. The van der Waals surface area contributed by atoms with Crippen LogP contribution in [0.5, 0.6) is 0 Å². The summed E-state index contributed by atoms with van der Waals surface area (Å²) in [5, 5.41) is 3.13. The van der Waals surface area contributed by atoms with Gasteiger partial charge in [0.1, 0.15) is 0 Å². The largest absolute Gasteiger partial charge is 0.324 e. The number of amides is 1. The van der Waals surface area contributed by atoms with E-state index in [2.05, 4.69) is 17.1 Å². The number of para-hydroxylation sites is 1. The normalized spacial score (nSPS) is 20.3. The standard InChI is InChI=1S/C16H24N2O/c1-4-18-11-6-5-10-14(18)16(19)17-15-12(2)8-7-9-13(15)3/h7-9,14H,4-6,10-11H2,1-3H3,(H,17,19)/t14-/m1/s1. The molecule has 1 saturated heterocycles. The van der Waals surface area contributed by atoms with E-state index in [9.17, 15) is 4.79 Å². The minimum atomic E-state index is 0.0396. The van der Waals surface area contributed by atoms with Crippen LogP contribution >= 0.6 is 0 Å². The number of carbonyl (C=O) groups excluding carboxylic acids is 1. The predicted molar refractivity (Wildman–Crippen MR) is 79.4 cm³/mol. The van der Waals surface area contributed by atoms with Crippen LogP contribution in [0.3, 0.4) is 0 Å². The summed E-state index contributed by atoms with van der Waals surface area (Å²) in [6.45, 7) is 8.21. The lowest BCUT2D eigenvalue weighted by Gasteiger charge is -2.33. The van der Waals surface area contributed by atoms with Gasteiger partial charge in [-0.1, -0.05) is 31.5 Å². The van der Waals surface area contributed by atoms with E-state index in [4.69, 9.17) is 0 Å². The van der Waals surface area contributed by atoms with Gasteiger partial charge in [0.2, 0.25) is 5.91 Å². The van der Waals surface area contributed by atoms with Crippen molar-refractivity contribution >= 4 is 11.6 Å². The van der Waals surface area contributed by atoms with Crippen LogP contribution < -0.4 is 5.32 Å². The lowest BCUT2D eigenvalue weighted by atomic mass is 10.0. The number of nitrogens with one attached hydrogen (secondary N) is 1. The Morgan fingerprint density at radius 1 is 1.32 bits per heavy atom. The Bertz CT molecular complexity index is 436. The zero-order valence-electron chi connectivity index (χ0n) is 12.2. The Kier molecular flexibility index (Phi) is 4.59. The van der Waals surface area contributed by atoms with Crippen molar-refractivity contribution in [1.29, 1.82) is 0 Å². The number of piperidine rings is 1. The smallest absolute Gasteiger partial charge is 0.241 e. The van der Waals surface area contributed by atoms with Crippen LogP contribution in [-0.2, 0) is 4.79 Å². The van der Waals surface area contributed by atoms with Gasteiger partial charge in [0, 0.05) is 5.69 Å². The average Bonchev–Trinajstić information content (AvgIpc) is 2.42. The number of carbonyl (C=O) groups is 1. The molecule has 1 atom stereocenters. The van der Waals surface area contributed by atoms with Gasteiger partial charge in [0.25, 0.3) is 0 Å². The lowest BCUT2D eigenvalue weighted by molar-refractivity contribution is -0.122. The Morgan fingerprint density at radius 3 is 2.63 bits per heavy atom. The molecule has 0 saturated carbocycles. The molecule has 0 aromatic heterocycles. The number of anilines is 1. The van der Waals surface area contributed by atoms with Crippen LogP contribution in [-0.4, -0.2) is 29.9 Å². The molecule has 1 aromatic rings. The molecule has 1 heterocycles. The number of benzene rings is 1. The molecule has 0 bridgehead atoms. The number of hydrogen-bond donors (Lipinski definition) is 1. The van der Waals surface area contributed by atoms with Crippen LogP contribution in [0, 0.1) is 13.8 Å². The highest BCUT2D eigenvalue weighted by Gasteiger charge is 2.27. The Hall–Kier alpha value is -1.35. The van der Waals surface area contributed by atoms with Crippen molar-refractivity contribution in [1.82, 2.24) is 4.90 Å². The van der Waals surface area contributed by atoms with E-state index >= 15 is 0 Å². The number of rotatable bonds is 3. The van der Waals surface area contributed by atoms with E-state index in [1.165, 1.54) is 6.42 Å². The molecule has 3 heteroatoms. The van der Waals surface area contributed by atoms with Crippen LogP contribution in [0.1, 0.15) is 37.3 Å². The number of likely N-dealkylation sites (tertiary alicyclic amines) is 1. The predicted octanol–water partition coefficient (Wildman–Crippen LogP) is 3.12. The first kappa shape index (κ1) is 14.1. The average molecular weight is 260 g/mol. The van der Waals surface area contributed by atoms with Gasteiger partial charge in [-0.3, -0.25) is 9.69 Å². The third-order valence-electron chi connectivity index (χ3n) is 4.05. The molecule has 19 heavy (non-hydrogen) atoms. The van der Waals surface area contributed by atoms with Crippen molar-refractivity contribution in [3.63, 3.8) is 0 Å². The summed E-state index contributed by atoms with van der Waals surface area (Å²) < 4.78 is 0. The molecule has 0 unspecified atom stereocenters. The van der Waals surface area contributed by atoms with E-state index in [-0.39, 0.29) is 11.9 Å². The van der Waals surface area contributed by atoms with Crippen molar-refractivity contribution in [3.05, 3.63) is 29.3 Å². The zero-order valence-corrected chi connectivity index (χ0v) is 12.2. The summed E-state index contributed by atoms with van der Waals surface area (Å²) in [4.78, 5) is 14.8. The Balaban J connectivity index is 2.12. The summed E-state index contributed by atoms with van der Waals surface area (Å²) in [6.07, 6.45) is 3.34. The first-order valence-corrected chi connectivity index (χ1v) is 7.24. The van der Waals surface area contributed by atoms with E-state index < -0.39 is 0 Å². The summed E-state index contributed by atoms with van der Waals surface area (Å²) in [5.41, 5.74) is 3.24.